The molecule has 1 aromatic carbocycles. The van der Waals surface area contributed by atoms with Gasteiger partial charge in [-0.15, -0.1) is 0 Å². The predicted octanol–water partition coefficient (Wildman–Crippen LogP) is 8.70. The number of hydrogen-bond donors (Lipinski definition) is 0. The van der Waals surface area contributed by atoms with Crippen molar-refractivity contribution in [3.63, 3.8) is 0 Å². The second-order valence-corrected chi connectivity index (χ2v) is 21.9. The zero-order valence-corrected chi connectivity index (χ0v) is 21.7. The summed E-state index contributed by atoms with van der Waals surface area (Å²) in [5, 5.41) is 0.662. The van der Waals surface area contributed by atoms with E-state index in [0.29, 0.717) is 5.02 Å². The Balaban J connectivity index is 3.04. The monoisotopic (exact) mass is 498 g/mol. The number of hydrogen-bond acceptors (Lipinski definition) is 1. The van der Waals surface area contributed by atoms with Gasteiger partial charge in [-0.2, -0.15) is 0 Å². The third kappa shape index (κ3) is 8.23. The van der Waals surface area contributed by atoms with Crippen LogP contribution < -0.4 is 4.74 Å². The van der Waals surface area contributed by atoms with Crippen LogP contribution in [0.2, 0.25) is 18.3 Å². The van der Waals surface area contributed by atoms with Crippen molar-refractivity contribution in [3.05, 3.63) is 44.5 Å². The first-order chi connectivity index (χ1) is 13.0. The van der Waals surface area contributed by atoms with E-state index in [4.69, 9.17) is 16.3 Å². The maximum absolute atomic E-state index is 6.13. The van der Waals surface area contributed by atoms with E-state index in [9.17, 15) is 0 Å². The van der Waals surface area contributed by atoms with Gasteiger partial charge in [0.05, 0.1) is 0 Å². The van der Waals surface area contributed by atoms with Crippen LogP contribution in [0.3, 0.4) is 0 Å². The summed E-state index contributed by atoms with van der Waals surface area (Å²) in [6.07, 6.45) is 15.1. The summed E-state index contributed by atoms with van der Waals surface area (Å²) < 4.78 is 11.6. The van der Waals surface area contributed by atoms with E-state index < -0.39 is 18.4 Å². The van der Waals surface area contributed by atoms with Crippen LogP contribution in [0.1, 0.15) is 71.8 Å². The molecule has 0 saturated carbocycles. The number of benzene rings is 1. The summed E-state index contributed by atoms with van der Waals surface area (Å²) in [6, 6.07) is 5.96. The summed E-state index contributed by atoms with van der Waals surface area (Å²) in [7, 11) is 1.66. The van der Waals surface area contributed by atoms with Gasteiger partial charge in [0, 0.05) is 0 Å². The minimum absolute atomic E-state index is 0.662. The van der Waals surface area contributed by atoms with E-state index >= 15 is 0 Å². The molecule has 1 nitrogen and oxygen atoms in total. The third-order valence-corrected chi connectivity index (χ3v) is 22.5. The van der Waals surface area contributed by atoms with Crippen LogP contribution in [0.25, 0.3) is 6.08 Å². The summed E-state index contributed by atoms with van der Waals surface area (Å²) in [5.74, 6) is 0.738. The van der Waals surface area contributed by atoms with Crippen LogP contribution in [0.5, 0.6) is 5.75 Å². The Morgan fingerprint density at radius 1 is 1.00 bits per heavy atom. The Bertz CT molecular complexity index is 585. The molecule has 0 aromatic heterocycles. The molecule has 0 heterocycles. The Morgan fingerprint density at radius 3 is 2.04 bits per heavy atom. The number of rotatable bonds is 13. The Labute approximate surface area is 177 Å². The fourth-order valence-electron chi connectivity index (χ4n) is 3.77. The van der Waals surface area contributed by atoms with Gasteiger partial charge in [-0.05, 0) is 0 Å². The molecule has 0 saturated heterocycles. The number of allylic oxidation sites excluding steroid dienone is 3. The second-order valence-electron chi connectivity index (χ2n) is 7.69. The van der Waals surface area contributed by atoms with E-state index in [1.807, 2.05) is 18.2 Å². The van der Waals surface area contributed by atoms with Gasteiger partial charge in [0.15, 0.2) is 0 Å². The van der Waals surface area contributed by atoms with Crippen molar-refractivity contribution in [2.45, 2.75) is 79.5 Å². The summed E-state index contributed by atoms with van der Waals surface area (Å²) >= 11 is 3.89. The fourth-order valence-corrected chi connectivity index (χ4v) is 19.6. The van der Waals surface area contributed by atoms with Crippen LogP contribution in [0, 0.1) is 0 Å². The Hall–Kier alpha value is -0.411. The number of methoxy groups -OCH3 is 1. The molecule has 0 spiro atoms. The molecule has 0 unspecified atom stereocenters. The molecule has 0 amide bonds. The first-order valence-electron chi connectivity index (χ1n) is 10.7. The average molecular weight is 498 g/mol. The summed E-state index contributed by atoms with van der Waals surface area (Å²) in [4.78, 5) is 0. The quantitative estimate of drug-likeness (QED) is 0.196. The van der Waals surface area contributed by atoms with Crippen molar-refractivity contribution in [2.24, 2.45) is 0 Å². The fraction of sp³-hybridized carbons (Fsp3) is 0.583. The normalized spacial score (nSPS) is 12.7. The molecule has 0 aliphatic carbocycles. The van der Waals surface area contributed by atoms with E-state index in [0.717, 1.165) is 11.3 Å². The van der Waals surface area contributed by atoms with Gasteiger partial charge in [-0.25, -0.2) is 0 Å². The van der Waals surface area contributed by atoms with Crippen LogP contribution in [-0.2, 0) is 0 Å². The molecule has 1 rings (SSSR count). The first-order valence-corrected chi connectivity index (χ1v) is 18.6. The van der Waals surface area contributed by atoms with Crippen molar-refractivity contribution < 1.29 is 4.74 Å². The van der Waals surface area contributed by atoms with Gasteiger partial charge in [0.25, 0.3) is 0 Å². The van der Waals surface area contributed by atoms with Crippen molar-refractivity contribution in [3.8, 4) is 5.75 Å². The molecule has 0 atom stereocenters. The molecular formula is C24H39ClOSn. The van der Waals surface area contributed by atoms with Crippen LogP contribution in [0.4, 0.5) is 0 Å². The summed E-state index contributed by atoms with van der Waals surface area (Å²) in [6.45, 7) is 9.44. The van der Waals surface area contributed by atoms with E-state index in [1.54, 1.807) is 10.7 Å². The molecule has 1 aromatic rings. The van der Waals surface area contributed by atoms with Gasteiger partial charge in [0.1, 0.15) is 0 Å². The molecule has 27 heavy (non-hydrogen) atoms. The molecule has 152 valence electrons. The Morgan fingerprint density at radius 2 is 1.56 bits per heavy atom. The zero-order chi connectivity index (χ0) is 20.1. The zero-order valence-electron chi connectivity index (χ0n) is 18.1. The predicted molar refractivity (Wildman–Crippen MR) is 126 cm³/mol. The molecule has 0 radical (unpaired) electrons. The van der Waals surface area contributed by atoms with Gasteiger partial charge < -0.3 is 0 Å². The molecule has 0 aliphatic heterocycles. The van der Waals surface area contributed by atoms with Gasteiger partial charge in [-0.1, -0.05) is 0 Å². The van der Waals surface area contributed by atoms with E-state index in [2.05, 4.69) is 45.9 Å². The van der Waals surface area contributed by atoms with Crippen LogP contribution in [0.15, 0.2) is 33.9 Å². The topological polar surface area (TPSA) is 9.23 Å². The first kappa shape index (κ1) is 24.6. The second kappa shape index (κ2) is 13.7. The van der Waals surface area contributed by atoms with Gasteiger partial charge >= 0.3 is 178 Å². The minimum atomic E-state index is -2.25. The molecule has 0 aliphatic rings. The van der Waals surface area contributed by atoms with E-state index in [-0.39, 0.29) is 0 Å². The average Bonchev–Trinajstić information content (AvgIpc) is 2.68. The van der Waals surface area contributed by atoms with Crippen molar-refractivity contribution in [1.29, 1.82) is 0 Å². The number of ether oxygens (including phenoxy) is 1. The van der Waals surface area contributed by atoms with Crippen LogP contribution in [-0.4, -0.2) is 25.5 Å². The van der Waals surface area contributed by atoms with Crippen molar-refractivity contribution >= 4 is 36.1 Å². The summed E-state index contributed by atoms with van der Waals surface area (Å²) in [5.41, 5.74) is 1.14. The number of halogens is 1. The molecule has 3 heteroatoms. The van der Waals surface area contributed by atoms with Crippen LogP contribution >= 0.6 is 11.6 Å². The SMILES string of the molecule is CCC[CH2][Sn]([CH2]CCC)([CH2]CCC)/[C](C)=C\C=C\c1ccc(Cl)c(OC)c1. The van der Waals surface area contributed by atoms with Gasteiger partial charge in [0.2, 0.25) is 0 Å². The van der Waals surface area contributed by atoms with Crippen molar-refractivity contribution in [1.82, 2.24) is 0 Å². The molecule has 0 fully saturated rings. The molecule has 0 N–H and O–H groups in total. The Kier molecular flexibility index (Phi) is 12.5. The third-order valence-electron chi connectivity index (χ3n) is 5.67. The van der Waals surface area contributed by atoms with Crippen molar-refractivity contribution in [2.75, 3.05) is 7.11 Å². The van der Waals surface area contributed by atoms with Gasteiger partial charge in [-0.3, -0.25) is 0 Å². The van der Waals surface area contributed by atoms with E-state index in [1.165, 1.54) is 51.8 Å². The number of unbranched alkanes of at least 4 members (excludes halogenated alkanes) is 3. The molecule has 0 bridgehead atoms. The molecular weight excluding hydrogens is 458 g/mol. The maximum atomic E-state index is 6.13. The standard InChI is InChI=1S/C12H12ClO.3C4H9.Sn/c1-3-4-5-6-10-7-8-11(13)12(9-10)14-2;3*1-3-4-2;/h4-9H,1-2H3;3*1,3-4H2,2H3;/b4-3?,6-5+;;;;.